The highest BCUT2D eigenvalue weighted by Crippen LogP contribution is 2.41. The van der Waals surface area contributed by atoms with Crippen LogP contribution in [-0.4, -0.2) is 5.78 Å². The number of carbonyl (C=O) groups is 1. The van der Waals surface area contributed by atoms with Gasteiger partial charge in [-0.1, -0.05) is 30.7 Å². The van der Waals surface area contributed by atoms with Gasteiger partial charge < -0.3 is 0 Å². The molecule has 0 unspecified atom stereocenters. The number of hydrogen-bond donors (Lipinski definition) is 0. The zero-order valence-corrected chi connectivity index (χ0v) is 11.5. The zero-order chi connectivity index (χ0) is 14.1. The molecule has 2 aromatic rings. The number of ketones is 1. The molecular weight excluding hydrogens is 251 g/mol. The minimum Gasteiger partial charge on any atom is -0.295 e. The van der Waals surface area contributed by atoms with Gasteiger partial charge in [0.1, 0.15) is 5.82 Å². The Balaban J connectivity index is 2.13. The molecule has 102 valence electrons. The molecule has 0 radical (unpaired) electrons. The first-order valence-corrected chi connectivity index (χ1v) is 7.06. The summed E-state index contributed by atoms with van der Waals surface area (Å²) in [5.41, 5.74) is 3.24. The smallest absolute Gasteiger partial charge is 0.159 e. The van der Waals surface area contributed by atoms with E-state index in [4.69, 9.17) is 0 Å². The Labute approximate surface area is 118 Å². The fraction of sp³-hybridized carbons (Fsp3) is 0.278. The van der Waals surface area contributed by atoms with E-state index >= 15 is 0 Å². The van der Waals surface area contributed by atoms with Crippen molar-refractivity contribution in [2.75, 3.05) is 0 Å². The van der Waals surface area contributed by atoms with Crippen LogP contribution in [-0.2, 0) is 0 Å². The van der Waals surface area contributed by atoms with E-state index in [1.54, 1.807) is 12.1 Å². The van der Waals surface area contributed by atoms with E-state index in [1.807, 2.05) is 18.2 Å². The van der Waals surface area contributed by atoms with Crippen LogP contribution in [0.4, 0.5) is 4.39 Å². The lowest BCUT2D eigenvalue weighted by Gasteiger charge is -2.28. The molecule has 0 atom stereocenters. The minimum atomic E-state index is -0.262. The van der Waals surface area contributed by atoms with Crippen molar-refractivity contribution in [3.8, 4) is 11.1 Å². The van der Waals surface area contributed by atoms with E-state index in [2.05, 4.69) is 6.07 Å². The summed E-state index contributed by atoms with van der Waals surface area (Å²) in [7, 11) is 0. The van der Waals surface area contributed by atoms with Crippen molar-refractivity contribution >= 4 is 5.78 Å². The van der Waals surface area contributed by atoms with Gasteiger partial charge in [-0.15, -0.1) is 0 Å². The van der Waals surface area contributed by atoms with Gasteiger partial charge in [0, 0.05) is 11.1 Å². The molecule has 1 saturated carbocycles. The molecular formula is C18H17FO. The largest absolute Gasteiger partial charge is 0.295 e. The Morgan fingerprint density at radius 3 is 2.50 bits per heavy atom. The molecule has 1 fully saturated rings. The summed E-state index contributed by atoms with van der Waals surface area (Å²) in [4.78, 5) is 11.5. The van der Waals surface area contributed by atoms with E-state index in [0.717, 1.165) is 5.56 Å². The molecule has 0 saturated heterocycles. The molecule has 0 spiro atoms. The molecule has 3 rings (SSSR count). The van der Waals surface area contributed by atoms with Crippen LogP contribution in [0.3, 0.4) is 0 Å². The van der Waals surface area contributed by atoms with E-state index in [9.17, 15) is 9.18 Å². The summed E-state index contributed by atoms with van der Waals surface area (Å²) in [5.74, 6) is 0.237. The van der Waals surface area contributed by atoms with Crippen molar-refractivity contribution < 1.29 is 9.18 Å². The lowest BCUT2D eigenvalue weighted by atomic mass is 9.77. The van der Waals surface area contributed by atoms with E-state index in [-0.39, 0.29) is 11.6 Å². The average molecular weight is 268 g/mol. The van der Waals surface area contributed by atoms with Crippen LogP contribution in [0.25, 0.3) is 11.1 Å². The Kier molecular flexibility index (Phi) is 3.39. The Morgan fingerprint density at radius 2 is 1.85 bits per heavy atom. The van der Waals surface area contributed by atoms with Crippen molar-refractivity contribution in [2.24, 2.45) is 0 Å². The maximum absolute atomic E-state index is 14.2. The van der Waals surface area contributed by atoms with Gasteiger partial charge in [0.05, 0.1) is 0 Å². The lowest BCUT2D eigenvalue weighted by Crippen LogP contribution is -2.10. The molecule has 2 aromatic carbocycles. The highest BCUT2D eigenvalue weighted by molar-refractivity contribution is 5.95. The van der Waals surface area contributed by atoms with Crippen molar-refractivity contribution in [3.05, 3.63) is 59.4 Å². The summed E-state index contributed by atoms with van der Waals surface area (Å²) < 4.78 is 14.2. The maximum atomic E-state index is 14.2. The number of rotatable bonds is 3. The fourth-order valence-electron chi connectivity index (χ4n) is 2.77. The zero-order valence-electron chi connectivity index (χ0n) is 11.5. The second-order valence-corrected chi connectivity index (χ2v) is 5.47. The van der Waals surface area contributed by atoms with Gasteiger partial charge in [-0.2, -0.15) is 0 Å². The van der Waals surface area contributed by atoms with Gasteiger partial charge in [0.25, 0.3) is 0 Å². The molecule has 20 heavy (non-hydrogen) atoms. The predicted molar refractivity (Wildman–Crippen MR) is 78.4 cm³/mol. The monoisotopic (exact) mass is 268 g/mol. The Bertz CT molecular complexity index is 656. The highest BCUT2D eigenvalue weighted by Gasteiger charge is 2.23. The average Bonchev–Trinajstić information content (AvgIpc) is 2.38. The SMILES string of the molecule is CC(=O)c1ccc(F)c(-c2ccccc2C2CCC2)c1. The second-order valence-electron chi connectivity index (χ2n) is 5.47. The van der Waals surface area contributed by atoms with Gasteiger partial charge in [0.2, 0.25) is 0 Å². The molecule has 0 bridgehead atoms. The van der Waals surface area contributed by atoms with Crippen LogP contribution in [0.2, 0.25) is 0 Å². The van der Waals surface area contributed by atoms with Crippen LogP contribution < -0.4 is 0 Å². The third kappa shape index (κ3) is 2.26. The van der Waals surface area contributed by atoms with Gasteiger partial charge in [-0.25, -0.2) is 4.39 Å². The summed E-state index contributed by atoms with van der Waals surface area (Å²) in [6, 6.07) is 12.6. The first kappa shape index (κ1) is 13.0. The summed E-state index contributed by atoms with van der Waals surface area (Å²) in [5, 5.41) is 0. The summed E-state index contributed by atoms with van der Waals surface area (Å²) in [6.45, 7) is 1.51. The quantitative estimate of drug-likeness (QED) is 0.719. The highest BCUT2D eigenvalue weighted by atomic mass is 19.1. The second kappa shape index (κ2) is 5.20. The molecule has 0 N–H and O–H groups in total. The molecule has 1 aliphatic carbocycles. The third-order valence-corrected chi connectivity index (χ3v) is 4.17. The van der Waals surface area contributed by atoms with Crippen LogP contribution in [0.15, 0.2) is 42.5 Å². The van der Waals surface area contributed by atoms with E-state index in [0.29, 0.717) is 17.0 Å². The lowest BCUT2D eigenvalue weighted by molar-refractivity contribution is 0.101. The first-order chi connectivity index (χ1) is 9.66. The van der Waals surface area contributed by atoms with Gasteiger partial charge in [-0.3, -0.25) is 4.79 Å². The van der Waals surface area contributed by atoms with Gasteiger partial charge >= 0.3 is 0 Å². The van der Waals surface area contributed by atoms with Crippen LogP contribution in [0, 0.1) is 5.82 Å². The van der Waals surface area contributed by atoms with Crippen molar-refractivity contribution in [1.29, 1.82) is 0 Å². The van der Waals surface area contributed by atoms with Crippen molar-refractivity contribution in [2.45, 2.75) is 32.1 Å². The summed E-state index contributed by atoms with van der Waals surface area (Å²) >= 11 is 0. The molecule has 0 heterocycles. The maximum Gasteiger partial charge on any atom is 0.159 e. The number of halogens is 1. The minimum absolute atomic E-state index is 0.0348. The standard InChI is InChI=1S/C18H17FO/c1-12(20)14-9-10-18(19)17(11-14)16-8-3-2-7-15(16)13-5-4-6-13/h2-3,7-11,13H,4-6H2,1H3. The topological polar surface area (TPSA) is 17.1 Å². The fourth-order valence-corrected chi connectivity index (χ4v) is 2.77. The molecule has 0 amide bonds. The molecule has 0 aromatic heterocycles. The molecule has 0 aliphatic heterocycles. The summed E-state index contributed by atoms with van der Waals surface area (Å²) in [6.07, 6.45) is 3.59. The van der Waals surface area contributed by atoms with E-state index < -0.39 is 0 Å². The first-order valence-electron chi connectivity index (χ1n) is 7.06. The number of hydrogen-bond acceptors (Lipinski definition) is 1. The predicted octanol–water partition coefficient (Wildman–Crippen LogP) is 4.96. The Morgan fingerprint density at radius 1 is 1.10 bits per heavy atom. The van der Waals surface area contributed by atoms with Crippen LogP contribution in [0.1, 0.15) is 48.0 Å². The van der Waals surface area contributed by atoms with Crippen molar-refractivity contribution in [3.63, 3.8) is 0 Å². The number of Topliss-reactive ketones (excluding diaryl/α,β-unsaturated/α-hetero) is 1. The molecule has 2 heteroatoms. The normalized spacial score (nSPS) is 14.9. The molecule has 1 nitrogen and oxygen atoms in total. The van der Waals surface area contributed by atoms with Crippen LogP contribution >= 0.6 is 0 Å². The van der Waals surface area contributed by atoms with E-state index in [1.165, 1.54) is 37.8 Å². The Hall–Kier alpha value is -1.96. The molecule has 1 aliphatic rings. The van der Waals surface area contributed by atoms with Gasteiger partial charge in [-0.05, 0) is 55.0 Å². The van der Waals surface area contributed by atoms with Gasteiger partial charge in [0.15, 0.2) is 5.78 Å². The third-order valence-electron chi connectivity index (χ3n) is 4.17. The number of carbonyl (C=O) groups excluding carboxylic acids is 1. The van der Waals surface area contributed by atoms with Crippen molar-refractivity contribution in [1.82, 2.24) is 0 Å². The van der Waals surface area contributed by atoms with Crippen LogP contribution in [0.5, 0.6) is 0 Å². The number of benzene rings is 2.